The third-order valence-corrected chi connectivity index (χ3v) is 3.36. The van der Waals surface area contributed by atoms with Crippen LogP contribution < -0.4 is 0 Å². The molecule has 1 heterocycles. The van der Waals surface area contributed by atoms with Gasteiger partial charge in [0.25, 0.3) is 5.69 Å². The number of aromatic amines is 1. The normalized spacial score (nSPS) is 11.3. The van der Waals surface area contributed by atoms with Gasteiger partial charge in [0, 0.05) is 40.5 Å². The topological polar surface area (TPSA) is 71.3 Å². The summed E-state index contributed by atoms with van der Waals surface area (Å²) in [5, 5.41) is 12.0. The molecule has 0 amide bonds. The van der Waals surface area contributed by atoms with E-state index in [0.717, 1.165) is 16.5 Å². The van der Waals surface area contributed by atoms with E-state index in [2.05, 4.69) is 9.98 Å². The molecule has 3 aromatic rings. The molecule has 21 heavy (non-hydrogen) atoms. The molecule has 5 nitrogen and oxygen atoms in total. The highest BCUT2D eigenvalue weighted by molar-refractivity contribution is 5.99. The maximum absolute atomic E-state index is 10.9. The van der Waals surface area contributed by atoms with E-state index in [1.54, 1.807) is 25.3 Å². The van der Waals surface area contributed by atoms with Crippen LogP contribution in [0.25, 0.3) is 10.9 Å². The zero-order valence-electron chi connectivity index (χ0n) is 11.4. The summed E-state index contributed by atoms with van der Waals surface area (Å²) in [6.45, 7) is 1.71. The molecule has 104 valence electrons. The van der Waals surface area contributed by atoms with Crippen molar-refractivity contribution in [2.75, 3.05) is 0 Å². The first kappa shape index (κ1) is 13.1. The van der Waals surface area contributed by atoms with Crippen LogP contribution >= 0.6 is 0 Å². The minimum atomic E-state index is -0.389. The Bertz CT molecular complexity index is 850. The largest absolute Gasteiger partial charge is 0.361 e. The van der Waals surface area contributed by atoms with Crippen LogP contribution in [0.3, 0.4) is 0 Å². The Morgan fingerprint density at radius 3 is 2.86 bits per heavy atom. The molecule has 1 N–H and O–H groups in total. The molecule has 2 aromatic carbocycles. The van der Waals surface area contributed by atoms with E-state index in [0.29, 0.717) is 11.3 Å². The molecule has 0 aliphatic rings. The molecule has 0 spiro atoms. The van der Waals surface area contributed by atoms with Crippen LogP contribution in [-0.2, 0) is 0 Å². The number of nitrogens with zero attached hydrogens (tertiary/aromatic N) is 2. The number of nitro groups is 1. The highest BCUT2D eigenvalue weighted by Crippen LogP contribution is 2.24. The van der Waals surface area contributed by atoms with Gasteiger partial charge in [0.15, 0.2) is 0 Å². The third kappa shape index (κ3) is 2.53. The van der Waals surface area contributed by atoms with E-state index in [1.165, 1.54) is 6.07 Å². The van der Waals surface area contributed by atoms with Crippen LogP contribution in [0.1, 0.15) is 11.1 Å². The molecule has 1 aromatic heterocycles. The molecule has 0 aliphatic heterocycles. The van der Waals surface area contributed by atoms with E-state index in [1.807, 2.05) is 30.5 Å². The number of aliphatic imine (C=N–C) groups is 1. The zero-order chi connectivity index (χ0) is 14.8. The van der Waals surface area contributed by atoms with Crippen molar-refractivity contribution in [3.05, 3.63) is 69.9 Å². The second-order valence-corrected chi connectivity index (χ2v) is 4.78. The summed E-state index contributed by atoms with van der Waals surface area (Å²) >= 11 is 0. The monoisotopic (exact) mass is 279 g/mol. The Kier molecular flexibility index (Phi) is 3.23. The number of nitrogens with one attached hydrogen (secondary N) is 1. The van der Waals surface area contributed by atoms with Crippen molar-refractivity contribution in [1.29, 1.82) is 0 Å². The molecule has 0 saturated heterocycles. The van der Waals surface area contributed by atoms with Gasteiger partial charge in [-0.25, -0.2) is 0 Å². The van der Waals surface area contributed by atoms with E-state index in [-0.39, 0.29) is 10.6 Å². The van der Waals surface area contributed by atoms with Gasteiger partial charge in [-0.05, 0) is 19.1 Å². The summed E-state index contributed by atoms with van der Waals surface area (Å²) in [6.07, 6.45) is 3.59. The predicted molar refractivity (Wildman–Crippen MR) is 83.4 cm³/mol. The first-order chi connectivity index (χ1) is 10.1. The predicted octanol–water partition coefficient (Wildman–Crippen LogP) is 4.14. The Morgan fingerprint density at radius 1 is 1.24 bits per heavy atom. The number of benzene rings is 2. The van der Waals surface area contributed by atoms with Gasteiger partial charge in [0.2, 0.25) is 0 Å². The van der Waals surface area contributed by atoms with E-state index >= 15 is 0 Å². The smallest absolute Gasteiger partial charge is 0.274 e. The number of aromatic nitrogens is 1. The number of hydrogen-bond acceptors (Lipinski definition) is 3. The van der Waals surface area contributed by atoms with Gasteiger partial charge in [0.1, 0.15) is 0 Å². The minimum Gasteiger partial charge on any atom is -0.361 e. The lowest BCUT2D eigenvalue weighted by molar-refractivity contribution is -0.385. The number of fused-ring (bicyclic) bond motifs is 1. The first-order valence-electron chi connectivity index (χ1n) is 6.50. The van der Waals surface area contributed by atoms with Gasteiger partial charge in [-0.15, -0.1) is 0 Å². The van der Waals surface area contributed by atoms with Crippen LogP contribution in [-0.4, -0.2) is 16.1 Å². The van der Waals surface area contributed by atoms with Gasteiger partial charge >= 0.3 is 0 Å². The lowest BCUT2D eigenvalue weighted by Gasteiger charge is -1.98. The Labute approximate surface area is 121 Å². The Morgan fingerprint density at radius 2 is 2.05 bits per heavy atom. The van der Waals surface area contributed by atoms with Crippen molar-refractivity contribution in [2.24, 2.45) is 4.99 Å². The fourth-order valence-electron chi connectivity index (χ4n) is 2.22. The molecule has 0 atom stereocenters. The van der Waals surface area contributed by atoms with Gasteiger partial charge in [-0.3, -0.25) is 15.1 Å². The molecule has 0 fully saturated rings. The number of hydrogen-bond donors (Lipinski definition) is 1. The molecule has 5 heteroatoms. The molecule has 0 aliphatic carbocycles. The minimum absolute atomic E-state index is 0.0866. The summed E-state index contributed by atoms with van der Waals surface area (Å²) in [4.78, 5) is 18.0. The van der Waals surface area contributed by atoms with Crippen molar-refractivity contribution in [3.8, 4) is 0 Å². The van der Waals surface area contributed by atoms with Crippen LogP contribution in [0.2, 0.25) is 0 Å². The molecular formula is C16H13N3O2. The summed E-state index contributed by atoms with van der Waals surface area (Å²) in [7, 11) is 0. The molecular weight excluding hydrogens is 266 g/mol. The van der Waals surface area contributed by atoms with Crippen LogP contribution in [0, 0.1) is 17.0 Å². The number of aryl methyl sites for hydroxylation is 1. The van der Waals surface area contributed by atoms with Gasteiger partial charge < -0.3 is 4.98 Å². The molecule has 0 saturated carbocycles. The average Bonchev–Trinajstić information content (AvgIpc) is 2.89. The van der Waals surface area contributed by atoms with E-state index in [4.69, 9.17) is 0 Å². The van der Waals surface area contributed by atoms with Crippen molar-refractivity contribution >= 4 is 28.5 Å². The third-order valence-electron chi connectivity index (χ3n) is 3.36. The molecule has 0 bridgehead atoms. The van der Waals surface area contributed by atoms with Crippen molar-refractivity contribution in [2.45, 2.75) is 6.92 Å². The van der Waals surface area contributed by atoms with E-state index < -0.39 is 0 Å². The van der Waals surface area contributed by atoms with Gasteiger partial charge in [-0.2, -0.15) is 0 Å². The second kappa shape index (κ2) is 5.20. The maximum atomic E-state index is 10.9. The summed E-state index contributed by atoms with van der Waals surface area (Å²) in [5.74, 6) is 0. The van der Waals surface area contributed by atoms with Crippen molar-refractivity contribution < 1.29 is 4.92 Å². The summed E-state index contributed by atoms with van der Waals surface area (Å²) in [5.41, 5.74) is 3.27. The molecule has 0 unspecified atom stereocenters. The lowest BCUT2D eigenvalue weighted by atomic mass is 10.2. The fourth-order valence-corrected chi connectivity index (χ4v) is 2.22. The zero-order valence-corrected chi connectivity index (χ0v) is 11.4. The second-order valence-electron chi connectivity index (χ2n) is 4.78. The summed E-state index contributed by atoms with van der Waals surface area (Å²) < 4.78 is 0. The quantitative estimate of drug-likeness (QED) is 0.444. The van der Waals surface area contributed by atoms with Gasteiger partial charge in [-0.1, -0.05) is 24.3 Å². The fraction of sp³-hybridized carbons (Fsp3) is 0.0625. The first-order valence-corrected chi connectivity index (χ1v) is 6.50. The Balaban J connectivity index is 1.96. The van der Waals surface area contributed by atoms with Crippen molar-refractivity contribution in [3.63, 3.8) is 0 Å². The molecule has 3 rings (SSSR count). The number of nitro benzene ring substituents is 1. The summed E-state index contributed by atoms with van der Waals surface area (Å²) in [6, 6.07) is 12.9. The maximum Gasteiger partial charge on any atom is 0.274 e. The van der Waals surface area contributed by atoms with Crippen LogP contribution in [0.15, 0.2) is 53.7 Å². The van der Waals surface area contributed by atoms with Gasteiger partial charge in [0.05, 0.1) is 10.6 Å². The highest BCUT2D eigenvalue weighted by Gasteiger charge is 2.10. The van der Waals surface area contributed by atoms with E-state index in [9.17, 15) is 10.1 Å². The standard InChI is InChI=1S/C16H13N3O2/c1-11-6-7-13(8-16(11)19(20)21)17-9-12-10-18-15-5-3-2-4-14(12)15/h2-10,18H,1H3. The lowest BCUT2D eigenvalue weighted by Crippen LogP contribution is -1.90. The number of rotatable bonds is 3. The Hall–Kier alpha value is -2.95. The number of H-pyrrole nitrogens is 1. The number of para-hydroxylation sites is 1. The van der Waals surface area contributed by atoms with Crippen molar-refractivity contribution in [1.82, 2.24) is 4.98 Å². The SMILES string of the molecule is Cc1ccc(N=Cc2c[nH]c3ccccc23)cc1[N+](=O)[O-]. The molecule has 0 radical (unpaired) electrons. The highest BCUT2D eigenvalue weighted by atomic mass is 16.6. The van der Waals surface area contributed by atoms with Crippen LogP contribution in [0.4, 0.5) is 11.4 Å². The van der Waals surface area contributed by atoms with Crippen LogP contribution in [0.5, 0.6) is 0 Å². The average molecular weight is 279 g/mol.